The number of carbonyl (C=O) groups is 1. The summed E-state index contributed by atoms with van der Waals surface area (Å²) in [4.78, 5) is 16.8. The van der Waals surface area contributed by atoms with Gasteiger partial charge in [-0.1, -0.05) is 12.1 Å². The van der Waals surface area contributed by atoms with Crippen LogP contribution in [0.5, 0.6) is 17.2 Å². The molecule has 1 atom stereocenters. The van der Waals surface area contributed by atoms with Gasteiger partial charge in [-0.25, -0.2) is 4.98 Å². The van der Waals surface area contributed by atoms with E-state index in [9.17, 15) is 4.79 Å². The Morgan fingerprint density at radius 3 is 2.73 bits per heavy atom. The minimum absolute atomic E-state index is 0.222. The van der Waals surface area contributed by atoms with E-state index in [2.05, 4.69) is 10.3 Å². The number of nitrogens with one attached hydrogen (secondary N) is 1. The van der Waals surface area contributed by atoms with Gasteiger partial charge in [-0.2, -0.15) is 0 Å². The van der Waals surface area contributed by atoms with Crippen LogP contribution >= 0.6 is 11.3 Å². The fourth-order valence-electron chi connectivity index (χ4n) is 2.57. The number of thiazole rings is 1. The van der Waals surface area contributed by atoms with E-state index in [1.165, 1.54) is 11.3 Å². The normalized spacial score (nSPS) is 15.3. The SMILES string of the molecule is COc1ccc(C(=O)Nc2nc([C@H]3COc4ccccc4O3)cs2)cc1. The van der Waals surface area contributed by atoms with Crippen molar-refractivity contribution in [2.75, 3.05) is 19.0 Å². The van der Waals surface area contributed by atoms with E-state index in [0.717, 1.165) is 11.4 Å². The van der Waals surface area contributed by atoms with Gasteiger partial charge in [0.15, 0.2) is 22.7 Å². The molecule has 0 aliphatic carbocycles. The standard InChI is InChI=1S/C19H16N2O4S/c1-23-13-8-6-12(7-9-13)18(22)21-19-20-14(11-26-19)17-10-24-15-4-2-3-5-16(15)25-17/h2-9,11,17H,10H2,1H3,(H,20,21,22)/t17-/m1/s1. The summed E-state index contributed by atoms with van der Waals surface area (Å²) in [6.45, 7) is 0.382. The highest BCUT2D eigenvalue weighted by Crippen LogP contribution is 2.36. The molecule has 0 saturated carbocycles. The summed E-state index contributed by atoms with van der Waals surface area (Å²) >= 11 is 1.35. The quantitative estimate of drug-likeness (QED) is 0.756. The van der Waals surface area contributed by atoms with E-state index in [-0.39, 0.29) is 12.0 Å². The number of amides is 1. The molecule has 0 unspecified atom stereocenters. The molecule has 4 rings (SSSR count). The zero-order valence-corrected chi connectivity index (χ0v) is 14.8. The number of methoxy groups -OCH3 is 1. The van der Waals surface area contributed by atoms with Gasteiger partial charge in [0.25, 0.3) is 5.91 Å². The third-order valence-electron chi connectivity index (χ3n) is 3.93. The molecule has 0 spiro atoms. The first-order chi connectivity index (χ1) is 12.7. The minimum Gasteiger partial charge on any atom is -0.497 e. The van der Waals surface area contributed by atoms with E-state index in [1.807, 2.05) is 29.6 Å². The number of anilines is 1. The lowest BCUT2D eigenvalue weighted by Crippen LogP contribution is -2.22. The number of nitrogens with zero attached hydrogens (tertiary/aromatic N) is 1. The molecule has 3 aromatic rings. The van der Waals surface area contributed by atoms with Gasteiger partial charge in [0, 0.05) is 10.9 Å². The lowest BCUT2D eigenvalue weighted by molar-refractivity contribution is 0.0888. The van der Waals surface area contributed by atoms with Crippen molar-refractivity contribution >= 4 is 22.4 Å². The molecule has 1 aliphatic rings. The Balaban J connectivity index is 1.44. The van der Waals surface area contributed by atoms with E-state index in [1.54, 1.807) is 31.4 Å². The first kappa shape index (κ1) is 16.4. The van der Waals surface area contributed by atoms with Crippen LogP contribution in [0.25, 0.3) is 0 Å². The van der Waals surface area contributed by atoms with Gasteiger partial charge in [-0.15, -0.1) is 11.3 Å². The van der Waals surface area contributed by atoms with Crippen molar-refractivity contribution in [3.05, 3.63) is 65.2 Å². The molecule has 2 aromatic carbocycles. The number of para-hydroxylation sites is 2. The largest absolute Gasteiger partial charge is 0.497 e. The van der Waals surface area contributed by atoms with Crippen LogP contribution in [0.2, 0.25) is 0 Å². The maximum absolute atomic E-state index is 12.3. The van der Waals surface area contributed by atoms with Crippen molar-refractivity contribution in [1.82, 2.24) is 4.98 Å². The van der Waals surface area contributed by atoms with Crippen LogP contribution in [0.1, 0.15) is 22.2 Å². The Morgan fingerprint density at radius 2 is 1.96 bits per heavy atom. The predicted octanol–water partition coefficient (Wildman–Crippen LogP) is 3.92. The second-order valence-electron chi connectivity index (χ2n) is 5.62. The van der Waals surface area contributed by atoms with Gasteiger partial charge < -0.3 is 14.2 Å². The second-order valence-corrected chi connectivity index (χ2v) is 6.48. The molecular formula is C19H16N2O4S. The fraction of sp³-hybridized carbons (Fsp3) is 0.158. The van der Waals surface area contributed by atoms with Crippen molar-refractivity contribution in [3.8, 4) is 17.2 Å². The number of rotatable bonds is 4. The van der Waals surface area contributed by atoms with Crippen LogP contribution < -0.4 is 19.5 Å². The molecule has 0 saturated heterocycles. The molecule has 0 fully saturated rings. The molecule has 1 aliphatic heterocycles. The van der Waals surface area contributed by atoms with E-state index in [4.69, 9.17) is 14.2 Å². The van der Waals surface area contributed by atoms with Crippen molar-refractivity contribution in [2.24, 2.45) is 0 Å². The van der Waals surface area contributed by atoms with Crippen LogP contribution in [0.3, 0.4) is 0 Å². The third kappa shape index (κ3) is 3.34. The predicted molar refractivity (Wildman–Crippen MR) is 98.4 cm³/mol. The van der Waals surface area contributed by atoms with Crippen molar-refractivity contribution in [3.63, 3.8) is 0 Å². The van der Waals surface area contributed by atoms with Crippen molar-refractivity contribution in [2.45, 2.75) is 6.10 Å². The molecule has 1 N–H and O–H groups in total. The number of hydrogen-bond acceptors (Lipinski definition) is 6. The monoisotopic (exact) mass is 368 g/mol. The second kappa shape index (κ2) is 7.05. The number of hydrogen-bond donors (Lipinski definition) is 1. The van der Waals surface area contributed by atoms with Crippen LogP contribution in [-0.2, 0) is 0 Å². The summed E-state index contributed by atoms with van der Waals surface area (Å²) in [5.74, 6) is 1.90. The lowest BCUT2D eigenvalue weighted by Gasteiger charge is -2.25. The molecule has 6 nitrogen and oxygen atoms in total. The topological polar surface area (TPSA) is 69.7 Å². The van der Waals surface area contributed by atoms with Gasteiger partial charge in [-0.3, -0.25) is 10.1 Å². The Labute approximate surface area is 154 Å². The molecular weight excluding hydrogens is 352 g/mol. The average molecular weight is 368 g/mol. The highest BCUT2D eigenvalue weighted by atomic mass is 32.1. The summed E-state index contributed by atoms with van der Waals surface area (Å²) in [7, 11) is 1.58. The maximum atomic E-state index is 12.3. The number of fused-ring (bicyclic) bond motifs is 1. The van der Waals surface area contributed by atoms with Gasteiger partial charge >= 0.3 is 0 Å². The summed E-state index contributed by atoms with van der Waals surface area (Å²) in [6.07, 6.45) is -0.298. The molecule has 26 heavy (non-hydrogen) atoms. The Bertz CT molecular complexity index is 923. The summed E-state index contributed by atoms with van der Waals surface area (Å²) in [5.41, 5.74) is 1.27. The van der Waals surface area contributed by atoms with E-state index < -0.39 is 0 Å². The third-order valence-corrected chi connectivity index (χ3v) is 4.71. The van der Waals surface area contributed by atoms with Crippen LogP contribution in [-0.4, -0.2) is 24.6 Å². The number of ether oxygens (including phenoxy) is 3. The van der Waals surface area contributed by atoms with Crippen molar-refractivity contribution in [1.29, 1.82) is 0 Å². The van der Waals surface area contributed by atoms with Crippen LogP contribution in [0.15, 0.2) is 53.9 Å². The minimum atomic E-state index is -0.298. The molecule has 132 valence electrons. The Kier molecular flexibility index (Phi) is 4.45. The smallest absolute Gasteiger partial charge is 0.257 e. The van der Waals surface area contributed by atoms with Gasteiger partial charge in [0.2, 0.25) is 0 Å². The van der Waals surface area contributed by atoms with Crippen LogP contribution in [0, 0.1) is 0 Å². The average Bonchev–Trinajstić information content (AvgIpc) is 3.16. The molecule has 7 heteroatoms. The van der Waals surface area contributed by atoms with Gasteiger partial charge in [0.05, 0.1) is 12.8 Å². The summed E-state index contributed by atoms with van der Waals surface area (Å²) in [5, 5.41) is 5.19. The molecule has 1 amide bonds. The molecule has 1 aromatic heterocycles. The number of carbonyl (C=O) groups excluding carboxylic acids is 1. The lowest BCUT2D eigenvalue weighted by atomic mass is 10.2. The van der Waals surface area contributed by atoms with Crippen molar-refractivity contribution < 1.29 is 19.0 Å². The summed E-state index contributed by atoms with van der Waals surface area (Å²) < 4.78 is 16.7. The molecule has 0 radical (unpaired) electrons. The number of aromatic nitrogens is 1. The van der Waals surface area contributed by atoms with Gasteiger partial charge in [0.1, 0.15) is 12.4 Å². The highest BCUT2D eigenvalue weighted by molar-refractivity contribution is 7.14. The first-order valence-electron chi connectivity index (χ1n) is 8.02. The van der Waals surface area contributed by atoms with Crippen LogP contribution in [0.4, 0.5) is 5.13 Å². The Morgan fingerprint density at radius 1 is 1.19 bits per heavy atom. The highest BCUT2D eigenvalue weighted by Gasteiger charge is 2.24. The van der Waals surface area contributed by atoms with E-state index in [0.29, 0.717) is 28.8 Å². The Hall–Kier alpha value is -3.06. The number of benzene rings is 2. The van der Waals surface area contributed by atoms with E-state index >= 15 is 0 Å². The first-order valence-corrected chi connectivity index (χ1v) is 8.90. The van der Waals surface area contributed by atoms with Gasteiger partial charge in [-0.05, 0) is 36.4 Å². The molecule has 0 bridgehead atoms. The fourth-order valence-corrected chi connectivity index (χ4v) is 3.32. The molecule has 2 heterocycles. The zero-order chi connectivity index (χ0) is 17.9. The maximum Gasteiger partial charge on any atom is 0.257 e. The summed E-state index contributed by atoms with van der Waals surface area (Å²) in [6, 6.07) is 14.4. The zero-order valence-electron chi connectivity index (χ0n) is 14.0.